The Morgan fingerprint density at radius 1 is 1.28 bits per heavy atom. The van der Waals surface area contributed by atoms with Gasteiger partial charge in [-0.3, -0.25) is 4.98 Å². The number of benzene rings is 1. The van der Waals surface area contributed by atoms with E-state index in [0.717, 1.165) is 16.5 Å². The van der Waals surface area contributed by atoms with Crippen LogP contribution in [-0.2, 0) is 9.84 Å². The van der Waals surface area contributed by atoms with E-state index in [2.05, 4.69) is 4.98 Å². The molecule has 5 heteroatoms. The summed E-state index contributed by atoms with van der Waals surface area (Å²) in [5.74, 6) is 0. The normalized spacial score (nSPS) is 15.5. The molecule has 0 radical (unpaired) electrons. The third-order valence-electron chi connectivity index (χ3n) is 3.19. The fourth-order valence-electron chi connectivity index (χ4n) is 1.84. The van der Waals surface area contributed by atoms with Gasteiger partial charge in [0.25, 0.3) is 0 Å². The lowest BCUT2D eigenvalue weighted by Gasteiger charge is -2.18. The average Bonchev–Trinajstić information content (AvgIpc) is 2.35. The van der Waals surface area contributed by atoms with Gasteiger partial charge in [0, 0.05) is 23.9 Å². The number of pyridine rings is 1. The largest absolute Gasteiger partial charge is 0.323 e. The van der Waals surface area contributed by atoms with Crippen molar-refractivity contribution in [1.82, 2.24) is 4.98 Å². The number of sulfone groups is 1. The molecule has 96 valence electrons. The summed E-state index contributed by atoms with van der Waals surface area (Å²) in [5, 5.41) is 0.359. The van der Waals surface area contributed by atoms with Gasteiger partial charge in [0.1, 0.15) is 0 Å². The molecule has 2 atom stereocenters. The van der Waals surface area contributed by atoms with Crippen LogP contribution in [0.25, 0.3) is 10.9 Å². The molecule has 1 aromatic carbocycles. The molecule has 1 aromatic heterocycles. The average molecular weight is 264 g/mol. The number of aromatic nitrogens is 1. The maximum atomic E-state index is 11.5. The summed E-state index contributed by atoms with van der Waals surface area (Å²) in [6, 6.07) is 8.85. The van der Waals surface area contributed by atoms with Crippen LogP contribution in [0.4, 0.5) is 0 Å². The van der Waals surface area contributed by atoms with Crippen molar-refractivity contribution < 1.29 is 8.42 Å². The predicted octanol–water partition coefficient (Wildman–Crippen LogP) is 1.67. The molecule has 0 fully saturated rings. The lowest BCUT2D eigenvalue weighted by atomic mass is 10.0. The Balaban J connectivity index is 2.42. The van der Waals surface area contributed by atoms with Crippen molar-refractivity contribution in [1.29, 1.82) is 0 Å². The first-order valence-corrected chi connectivity index (χ1v) is 7.64. The number of hydrogen-bond acceptors (Lipinski definition) is 4. The van der Waals surface area contributed by atoms with E-state index < -0.39 is 21.1 Å². The number of hydrogen-bond donors (Lipinski definition) is 1. The zero-order valence-corrected chi connectivity index (χ0v) is 11.2. The van der Waals surface area contributed by atoms with E-state index in [-0.39, 0.29) is 0 Å². The van der Waals surface area contributed by atoms with Crippen molar-refractivity contribution in [2.24, 2.45) is 5.73 Å². The molecule has 2 N–H and O–H groups in total. The third-order valence-corrected chi connectivity index (χ3v) is 4.84. The van der Waals surface area contributed by atoms with Crippen LogP contribution in [0.2, 0.25) is 0 Å². The molecule has 0 saturated carbocycles. The zero-order valence-electron chi connectivity index (χ0n) is 10.4. The molecule has 2 rings (SSSR count). The highest BCUT2D eigenvalue weighted by molar-refractivity contribution is 7.91. The molecule has 1 heterocycles. The molecule has 0 spiro atoms. The van der Waals surface area contributed by atoms with Gasteiger partial charge >= 0.3 is 0 Å². The van der Waals surface area contributed by atoms with Crippen molar-refractivity contribution in [2.45, 2.75) is 18.2 Å². The standard InChI is InChI=1S/C13H16N2O2S/c1-9(18(2,16)17)13(14)11-5-6-12-10(8-11)4-3-7-15-12/h3-9,13H,14H2,1-2H3. The van der Waals surface area contributed by atoms with E-state index in [1.54, 1.807) is 13.1 Å². The SMILES string of the molecule is CC(C(N)c1ccc2ncccc2c1)S(C)(=O)=O. The second-order valence-corrected chi connectivity index (χ2v) is 6.92. The summed E-state index contributed by atoms with van der Waals surface area (Å²) < 4.78 is 23.0. The van der Waals surface area contributed by atoms with Crippen LogP contribution in [0.5, 0.6) is 0 Å². The molecule has 0 aliphatic rings. The molecule has 0 aliphatic heterocycles. The first-order chi connectivity index (χ1) is 8.39. The van der Waals surface area contributed by atoms with Crippen LogP contribution >= 0.6 is 0 Å². The quantitative estimate of drug-likeness (QED) is 0.915. The van der Waals surface area contributed by atoms with E-state index >= 15 is 0 Å². The summed E-state index contributed by atoms with van der Waals surface area (Å²) in [7, 11) is -3.14. The Bertz CT molecular complexity index is 668. The summed E-state index contributed by atoms with van der Waals surface area (Å²) >= 11 is 0. The van der Waals surface area contributed by atoms with Gasteiger partial charge < -0.3 is 5.73 Å². The molecule has 4 nitrogen and oxygen atoms in total. The van der Waals surface area contributed by atoms with Crippen molar-refractivity contribution >= 4 is 20.7 Å². The van der Waals surface area contributed by atoms with E-state index in [9.17, 15) is 8.42 Å². The van der Waals surface area contributed by atoms with Crippen LogP contribution in [0.3, 0.4) is 0 Å². The molecule has 0 bridgehead atoms. The van der Waals surface area contributed by atoms with Gasteiger partial charge in [0.2, 0.25) is 0 Å². The third kappa shape index (κ3) is 2.52. The molecule has 0 saturated heterocycles. The van der Waals surface area contributed by atoms with Gasteiger partial charge in [-0.2, -0.15) is 0 Å². The lowest BCUT2D eigenvalue weighted by Crippen LogP contribution is -2.30. The molecule has 18 heavy (non-hydrogen) atoms. The van der Waals surface area contributed by atoms with E-state index in [1.807, 2.05) is 30.3 Å². The predicted molar refractivity (Wildman–Crippen MR) is 73.0 cm³/mol. The smallest absolute Gasteiger partial charge is 0.151 e. The Morgan fingerprint density at radius 3 is 2.67 bits per heavy atom. The highest BCUT2D eigenvalue weighted by atomic mass is 32.2. The van der Waals surface area contributed by atoms with Gasteiger partial charge in [-0.25, -0.2) is 8.42 Å². The van der Waals surface area contributed by atoms with Crippen molar-refractivity contribution in [3.63, 3.8) is 0 Å². The Morgan fingerprint density at radius 2 is 2.00 bits per heavy atom. The highest BCUT2D eigenvalue weighted by Gasteiger charge is 2.24. The van der Waals surface area contributed by atoms with E-state index in [4.69, 9.17) is 5.73 Å². The van der Waals surface area contributed by atoms with Crippen molar-refractivity contribution in [3.05, 3.63) is 42.1 Å². The van der Waals surface area contributed by atoms with E-state index in [0.29, 0.717) is 0 Å². The monoisotopic (exact) mass is 264 g/mol. The minimum absolute atomic E-state index is 0.524. The van der Waals surface area contributed by atoms with Gasteiger partial charge in [0.05, 0.1) is 10.8 Å². The van der Waals surface area contributed by atoms with E-state index in [1.165, 1.54) is 6.26 Å². The molecule has 0 aliphatic carbocycles. The molecule has 0 amide bonds. The number of nitrogens with zero attached hydrogens (tertiary/aromatic N) is 1. The van der Waals surface area contributed by atoms with Crippen LogP contribution in [0.15, 0.2) is 36.5 Å². The summed E-state index contributed by atoms with van der Waals surface area (Å²) in [4.78, 5) is 4.22. The molecule has 2 unspecified atom stereocenters. The molecule has 2 aromatic rings. The first kappa shape index (κ1) is 13.0. The summed E-state index contributed by atoms with van der Waals surface area (Å²) in [6.45, 7) is 1.63. The Hall–Kier alpha value is -1.46. The van der Waals surface area contributed by atoms with Crippen LogP contribution in [-0.4, -0.2) is 24.9 Å². The second-order valence-electron chi connectivity index (χ2n) is 4.52. The fraction of sp³-hybridized carbons (Fsp3) is 0.308. The minimum atomic E-state index is -3.14. The van der Waals surface area contributed by atoms with Crippen LogP contribution < -0.4 is 5.73 Å². The van der Waals surface area contributed by atoms with Gasteiger partial charge in [-0.15, -0.1) is 0 Å². The Kier molecular flexibility index (Phi) is 3.36. The number of nitrogens with two attached hydrogens (primary N) is 1. The topological polar surface area (TPSA) is 73.0 Å². The van der Waals surface area contributed by atoms with Crippen LogP contribution in [0.1, 0.15) is 18.5 Å². The highest BCUT2D eigenvalue weighted by Crippen LogP contribution is 2.22. The number of rotatable bonds is 3. The molecular formula is C13H16N2O2S. The zero-order chi connectivity index (χ0) is 13.3. The fourth-order valence-corrected chi connectivity index (χ4v) is 2.53. The lowest BCUT2D eigenvalue weighted by molar-refractivity contribution is 0.571. The molecular weight excluding hydrogens is 248 g/mol. The Labute approximate surface area is 107 Å². The maximum absolute atomic E-state index is 11.5. The number of fused-ring (bicyclic) bond motifs is 1. The maximum Gasteiger partial charge on any atom is 0.151 e. The van der Waals surface area contributed by atoms with Crippen LogP contribution in [0, 0.1) is 0 Å². The van der Waals surface area contributed by atoms with Crippen molar-refractivity contribution in [3.8, 4) is 0 Å². The summed E-state index contributed by atoms with van der Waals surface area (Å²) in [5.41, 5.74) is 7.70. The van der Waals surface area contributed by atoms with Gasteiger partial charge in [-0.1, -0.05) is 12.1 Å². The van der Waals surface area contributed by atoms with Crippen molar-refractivity contribution in [2.75, 3.05) is 6.26 Å². The van der Waals surface area contributed by atoms with Gasteiger partial charge in [-0.05, 0) is 30.7 Å². The first-order valence-electron chi connectivity index (χ1n) is 5.69. The summed E-state index contributed by atoms with van der Waals surface area (Å²) in [6.07, 6.45) is 2.93. The second kappa shape index (κ2) is 4.66. The minimum Gasteiger partial charge on any atom is -0.323 e. The van der Waals surface area contributed by atoms with Gasteiger partial charge in [0.15, 0.2) is 9.84 Å².